The van der Waals surface area contributed by atoms with Crippen LogP contribution in [0.25, 0.3) is 0 Å². The van der Waals surface area contributed by atoms with Gasteiger partial charge in [-0.15, -0.1) is 0 Å². The van der Waals surface area contributed by atoms with Crippen molar-refractivity contribution >= 4 is 5.69 Å². The highest BCUT2D eigenvalue weighted by atomic mass is 15.3. The Labute approximate surface area is 264 Å². The van der Waals surface area contributed by atoms with Crippen molar-refractivity contribution in [1.82, 2.24) is 4.90 Å². The van der Waals surface area contributed by atoms with E-state index in [1.165, 1.54) is 69.0 Å². The van der Waals surface area contributed by atoms with E-state index in [0.29, 0.717) is 47.8 Å². The third kappa shape index (κ3) is 4.35. The van der Waals surface area contributed by atoms with Crippen LogP contribution >= 0.6 is 0 Å². The van der Waals surface area contributed by atoms with Gasteiger partial charge in [-0.3, -0.25) is 0 Å². The molecule has 6 aliphatic carbocycles. The van der Waals surface area contributed by atoms with Gasteiger partial charge in [0.1, 0.15) is 0 Å². The van der Waals surface area contributed by atoms with Gasteiger partial charge < -0.3 is 9.80 Å². The Morgan fingerprint density at radius 1 is 0.614 bits per heavy atom. The minimum Gasteiger partial charge on any atom is -0.362 e. The van der Waals surface area contributed by atoms with Crippen molar-refractivity contribution in [2.75, 3.05) is 4.90 Å². The fraction of sp³-hybridized carbons (Fsp3) is 0.429. The van der Waals surface area contributed by atoms with Crippen LogP contribution in [0.4, 0.5) is 5.69 Å². The van der Waals surface area contributed by atoms with E-state index in [1.54, 1.807) is 16.8 Å². The summed E-state index contributed by atoms with van der Waals surface area (Å²) in [5, 5.41) is 0. The molecule has 0 saturated carbocycles. The number of fused-ring (bicyclic) bond motifs is 6. The maximum absolute atomic E-state index is 2.94. The molecule has 9 unspecified atom stereocenters. The Hall–Kier alpha value is -3.52. The highest BCUT2D eigenvalue weighted by Crippen LogP contribution is 2.54. The summed E-state index contributed by atoms with van der Waals surface area (Å²) in [7, 11) is 0. The molecule has 44 heavy (non-hydrogen) atoms. The predicted octanol–water partition coefficient (Wildman–Crippen LogP) is 9.51. The standard InChI is InChI=1S/C42H46N2/c1-3-11-29(12-4-1)31-19-23-33(24-20-31)43-39-17-9-7-15-35(39)37-27-28-38-36-16-8-10-18-40(36)44(42(38)41(37)43)34-25-21-32(22-26-34)30-13-5-2-6-14-30/h1-3,5,7-10,15-21,23-24,27-30,34-37,39-41H,4,6,11-14,22,25-26H2. The summed E-state index contributed by atoms with van der Waals surface area (Å²) in [5.41, 5.74) is 7.85. The van der Waals surface area contributed by atoms with Crippen LogP contribution in [0, 0.1) is 23.7 Å². The second-order valence-corrected chi connectivity index (χ2v) is 14.4. The fourth-order valence-corrected chi connectivity index (χ4v) is 10.1. The number of hydrogen-bond acceptors (Lipinski definition) is 2. The lowest BCUT2D eigenvalue weighted by atomic mass is 9.78. The van der Waals surface area contributed by atoms with Crippen LogP contribution in [-0.4, -0.2) is 29.1 Å². The normalized spacial score (nSPS) is 38.1. The van der Waals surface area contributed by atoms with Gasteiger partial charge in [-0.25, -0.2) is 0 Å². The Kier molecular flexibility index (Phi) is 6.79. The Balaban J connectivity index is 1.09. The van der Waals surface area contributed by atoms with Crippen molar-refractivity contribution in [2.24, 2.45) is 23.7 Å². The van der Waals surface area contributed by atoms with Gasteiger partial charge in [-0.2, -0.15) is 0 Å². The van der Waals surface area contributed by atoms with Crippen molar-refractivity contribution in [2.45, 2.75) is 87.9 Å². The van der Waals surface area contributed by atoms with E-state index in [2.05, 4.69) is 125 Å². The summed E-state index contributed by atoms with van der Waals surface area (Å²) in [6, 6.07) is 11.6. The lowest BCUT2D eigenvalue weighted by Gasteiger charge is -2.44. The van der Waals surface area contributed by atoms with Crippen molar-refractivity contribution in [3.8, 4) is 0 Å². The smallest absolute Gasteiger partial charge is 0.0769 e. The highest BCUT2D eigenvalue weighted by Gasteiger charge is 2.55. The first-order chi connectivity index (χ1) is 21.8. The van der Waals surface area contributed by atoms with Gasteiger partial charge in [0.2, 0.25) is 0 Å². The van der Waals surface area contributed by atoms with Crippen LogP contribution in [0.5, 0.6) is 0 Å². The zero-order chi connectivity index (χ0) is 29.0. The summed E-state index contributed by atoms with van der Waals surface area (Å²) in [5.74, 6) is 2.90. The largest absolute Gasteiger partial charge is 0.362 e. The molecule has 2 nitrogen and oxygen atoms in total. The second-order valence-electron chi connectivity index (χ2n) is 14.4. The molecule has 9 atom stereocenters. The monoisotopic (exact) mass is 578 g/mol. The van der Waals surface area contributed by atoms with E-state index in [-0.39, 0.29) is 0 Å². The van der Waals surface area contributed by atoms with E-state index >= 15 is 0 Å². The predicted molar refractivity (Wildman–Crippen MR) is 183 cm³/mol. The number of rotatable bonds is 4. The van der Waals surface area contributed by atoms with Crippen LogP contribution in [0.3, 0.4) is 0 Å². The Morgan fingerprint density at radius 2 is 1.36 bits per heavy atom. The molecule has 0 spiro atoms. The molecular formula is C42H46N2. The molecule has 0 radical (unpaired) electrons. The molecule has 1 aromatic rings. The van der Waals surface area contributed by atoms with Gasteiger partial charge in [0.25, 0.3) is 0 Å². The molecular weight excluding hydrogens is 532 g/mol. The third-order valence-electron chi connectivity index (χ3n) is 12.3. The molecule has 224 valence electrons. The summed E-state index contributed by atoms with van der Waals surface area (Å²) in [6.45, 7) is 0. The zero-order valence-corrected chi connectivity index (χ0v) is 25.9. The number of hydrogen-bond donors (Lipinski definition) is 0. The fourth-order valence-electron chi connectivity index (χ4n) is 10.1. The first-order valence-electron chi connectivity index (χ1n) is 17.6. The lowest BCUT2D eigenvalue weighted by Crippen LogP contribution is -2.48. The summed E-state index contributed by atoms with van der Waals surface area (Å²) in [6.07, 6.45) is 47.8. The first kappa shape index (κ1) is 26.8. The van der Waals surface area contributed by atoms with E-state index in [9.17, 15) is 0 Å². The number of nitrogens with zero attached hydrogens (tertiary/aromatic N) is 2. The SMILES string of the molecule is C1=CC2C3=C(C4C(C=C3)C3C=CC=CC3N4c3ccc(C4CC=CCC4)cc3)N(C3CC=C(C4CC=CCC4)CC3)C2C=C1. The minimum atomic E-state index is 0.363. The average molecular weight is 579 g/mol. The quantitative estimate of drug-likeness (QED) is 0.328. The van der Waals surface area contributed by atoms with Gasteiger partial charge in [0.15, 0.2) is 0 Å². The first-order valence-corrected chi connectivity index (χ1v) is 17.6. The molecule has 1 fully saturated rings. The molecule has 0 aromatic heterocycles. The molecule has 2 heterocycles. The molecule has 0 amide bonds. The third-order valence-corrected chi connectivity index (χ3v) is 12.3. The number of allylic oxidation sites excluding steroid dienone is 10. The molecule has 9 rings (SSSR count). The molecule has 8 aliphatic rings. The average Bonchev–Trinajstić information content (AvgIpc) is 3.62. The van der Waals surface area contributed by atoms with E-state index < -0.39 is 0 Å². The summed E-state index contributed by atoms with van der Waals surface area (Å²) < 4.78 is 0. The molecule has 2 heteroatoms. The maximum Gasteiger partial charge on any atom is 0.0769 e. The van der Waals surface area contributed by atoms with Crippen LogP contribution in [0.2, 0.25) is 0 Å². The minimum absolute atomic E-state index is 0.363. The Bertz CT molecular complexity index is 1560. The van der Waals surface area contributed by atoms with Crippen LogP contribution in [0.1, 0.15) is 69.3 Å². The van der Waals surface area contributed by atoms with Crippen LogP contribution in [-0.2, 0) is 0 Å². The van der Waals surface area contributed by atoms with Crippen molar-refractivity contribution in [3.05, 3.63) is 138 Å². The van der Waals surface area contributed by atoms with Gasteiger partial charge in [0.05, 0.1) is 18.1 Å². The van der Waals surface area contributed by atoms with Crippen molar-refractivity contribution < 1.29 is 0 Å². The van der Waals surface area contributed by atoms with Gasteiger partial charge in [0, 0.05) is 35.2 Å². The van der Waals surface area contributed by atoms with Gasteiger partial charge in [-0.05, 0) is 92.9 Å². The molecule has 0 bridgehead atoms. The number of benzene rings is 1. The van der Waals surface area contributed by atoms with E-state index in [0.717, 1.165) is 5.92 Å². The number of anilines is 1. The lowest BCUT2D eigenvalue weighted by molar-refractivity contribution is 0.186. The highest BCUT2D eigenvalue weighted by molar-refractivity contribution is 5.61. The van der Waals surface area contributed by atoms with Gasteiger partial charge in [-0.1, -0.05) is 109 Å². The topological polar surface area (TPSA) is 6.48 Å². The van der Waals surface area contributed by atoms with Crippen molar-refractivity contribution in [1.29, 1.82) is 0 Å². The molecule has 1 saturated heterocycles. The summed E-state index contributed by atoms with van der Waals surface area (Å²) >= 11 is 0. The van der Waals surface area contributed by atoms with E-state index in [1.807, 2.05) is 0 Å². The van der Waals surface area contributed by atoms with E-state index in [4.69, 9.17) is 0 Å². The molecule has 1 aromatic carbocycles. The maximum atomic E-state index is 2.94. The van der Waals surface area contributed by atoms with Crippen molar-refractivity contribution in [3.63, 3.8) is 0 Å². The van der Waals surface area contributed by atoms with Crippen LogP contribution < -0.4 is 4.90 Å². The van der Waals surface area contributed by atoms with Gasteiger partial charge >= 0.3 is 0 Å². The second kappa shape index (κ2) is 11.1. The zero-order valence-electron chi connectivity index (χ0n) is 25.9. The summed E-state index contributed by atoms with van der Waals surface area (Å²) in [4.78, 5) is 5.77. The molecule has 2 aliphatic heterocycles. The van der Waals surface area contributed by atoms with Crippen LogP contribution in [0.15, 0.2) is 132 Å². The Morgan fingerprint density at radius 3 is 2.11 bits per heavy atom. The molecule has 0 N–H and O–H groups in total.